The first-order chi connectivity index (χ1) is 10.8. The van der Waals surface area contributed by atoms with Crippen molar-refractivity contribution in [2.75, 3.05) is 23.3 Å². The van der Waals surface area contributed by atoms with Gasteiger partial charge in [-0.3, -0.25) is 4.79 Å². The molecule has 0 unspecified atom stereocenters. The van der Waals surface area contributed by atoms with Crippen molar-refractivity contribution in [3.8, 4) is 0 Å². The van der Waals surface area contributed by atoms with Crippen LogP contribution in [0.4, 0.5) is 11.4 Å². The van der Waals surface area contributed by atoms with Gasteiger partial charge in [0, 0.05) is 19.2 Å². The van der Waals surface area contributed by atoms with Gasteiger partial charge in [-0.05, 0) is 36.6 Å². The van der Waals surface area contributed by atoms with Gasteiger partial charge in [-0.1, -0.05) is 42.5 Å². The van der Waals surface area contributed by atoms with E-state index in [4.69, 9.17) is 0 Å². The van der Waals surface area contributed by atoms with Gasteiger partial charge in [0.2, 0.25) is 5.91 Å². The van der Waals surface area contributed by atoms with Crippen LogP contribution in [0.2, 0.25) is 0 Å². The number of anilines is 2. The van der Waals surface area contributed by atoms with E-state index in [0.717, 1.165) is 30.0 Å². The van der Waals surface area contributed by atoms with Crippen LogP contribution in [0.1, 0.15) is 18.4 Å². The highest BCUT2D eigenvalue weighted by Gasteiger charge is 2.15. The number of amides is 1. The Labute approximate surface area is 131 Å². The summed E-state index contributed by atoms with van der Waals surface area (Å²) in [5, 5.41) is 2.99. The van der Waals surface area contributed by atoms with Crippen molar-refractivity contribution in [3.63, 3.8) is 0 Å². The highest BCUT2D eigenvalue weighted by molar-refractivity contribution is 6.03. The minimum absolute atomic E-state index is 0.101. The summed E-state index contributed by atoms with van der Waals surface area (Å²) >= 11 is 0. The minimum atomic E-state index is -0.101. The van der Waals surface area contributed by atoms with E-state index in [9.17, 15) is 4.79 Å². The van der Waals surface area contributed by atoms with Gasteiger partial charge in [-0.2, -0.15) is 0 Å². The highest BCUT2D eigenvalue weighted by Crippen LogP contribution is 2.28. The Morgan fingerprint density at radius 3 is 2.41 bits per heavy atom. The van der Waals surface area contributed by atoms with E-state index < -0.39 is 0 Å². The van der Waals surface area contributed by atoms with Crippen molar-refractivity contribution in [1.29, 1.82) is 0 Å². The lowest BCUT2D eigenvalue weighted by molar-refractivity contribution is -0.111. The lowest BCUT2D eigenvalue weighted by Crippen LogP contribution is -2.20. The van der Waals surface area contributed by atoms with Crippen molar-refractivity contribution in [1.82, 2.24) is 0 Å². The molecule has 3 heteroatoms. The Kier molecular flexibility index (Phi) is 4.54. The van der Waals surface area contributed by atoms with E-state index in [-0.39, 0.29) is 5.91 Å². The van der Waals surface area contributed by atoms with Gasteiger partial charge < -0.3 is 10.2 Å². The van der Waals surface area contributed by atoms with Crippen LogP contribution in [-0.2, 0) is 4.79 Å². The molecule has 0 saturated carbocycles. The second kappa shape index (κ2) is 6.94. The Balaban J connectivity index is 1.70. The zero-order chi connectivity index (χ0) is 15.2. The van der Waals surface area contributed by atoms with Crippen molar-refractivity contribution in [2.45, 2.75) is 12.8 Å². The van der Waals surface area contributed by atoms with Gasteiger partial charge in [0.1, 0.15) is 0 Å². The third-order valence-corrected chi connectivity index (χ3v) is 3.84. The molecule has 0 aromatic heterocycles. The highest BCUT2D eigenvalue weighted by atomic mass is 16.1. The molecule has 0 aliphatic carbocycles. The molecular weight excluding hydrogens is 272 g/mol. The van der Waals surface area contributed by atoms with E-state index in [2.05, 4.69) is 16.3 Å². The van der Waals surface area contributed by atoms with E-state index in [1.165, 1.54) is 12.8 Å². The third kappa shape index (κ3) is 3.55. The fourth-order valence-electron chi connectivity index (χ4n) is 2.72. The molecule has 2 aromatic carbocycles. The van der Waals surface area contributed by atoms with Gasteiger partial charge in [0.25, 0.3) is 0 Å². The molecule has 3 nitrogen and oxygen atoms in total. The molecule has 1 aliphatic rings. The summed E-state index contributed by atoms with van der Waals surface area (Å²) < 4.78 is 0. The number of nitrogens with one attached hydrogen (secondary N) is 1. The lowest BCUT2D eigenvalue weighted by atomic mass is 10.2. The van der Waals surface area contributed by atoms with E-state index in [1.807, 2.05) is 54.6 Å². The molecule has 3 rings (SSSR count). The van der Waals surface area contributed by atoms with Crippen molar-refractivity contribution >= 4 is 23.4 Å². The summed E-state index contributed by atoms with van der Waals surface area (Å²) in [5.74, 6) is -0.101. The first-order valence-corrected chi connectivity index (χ1v) is 7.71. The van der Waals surface area contributed by atoms with Crippen molar-refractivity contribution in [3.05, 3.63) is 66.2 Å². The molecule has 112 valence electrons. The summed E-state index contributed by atoms with van der Waals surface area (Å²) in [4.78, 5) is 14.5. The molecule has 1 heterocycles. The zero-order valence-electron chi connectivity index (χ0n) is 12.5. The third-order valence-electron chi connectivity index (χ3n) is 3.84. The quantitative estimate of drug-likeness (QED) is 0.866. The average molecular weight is 292 g/mol. The maximum atomic E-state index is 12.1. The van der Waals surface area contributed by atoms with Crippen LogP contribution in [-0.4, -0.2) is 19.0 Å². The lowest BCUT2D eigenvalue weighted by Gasteiger charge is -2.21. The number of carbonyl (C=O) groups excluding carboxylic acids is 1. The topological polar surface area (TPSA) is 32.3 Å². The van der Waals surface area contributed by atoms with Gasteiger partial charge in [0.05, 0.1) is 11.4 Å². The molecule has 0 radical (unpaired) electrons. The van der Waals surface area contributed by atoms with Crippen LogP contribution < -0.4 is 10.2 Å². The number of para-hydroxylation sites is 2. The summed E-state index contributed by atoms with van der Waals surface area (Å²) in [6.07, 6.45) is 5.84. The number of hydrogen-bond acceptors (Lipinski definition) is 2. The van der Waals surface area contributed by atoms with Gasteiger partial charge in [-0.25, -0.2) is 0 Å². The van der Waals surface area contributed by atoms with Crippen LogP contribution in [0.15, 0.2) is 60.7 Å². The second-order valence-electron chi connectivity index (χ2n) is 5.44. The van der Waals surface area contributed by atoms with Crippen LogP contribution in [0, 0.1) is 0 Å². The van der Waals surface area contributed by atoms with Gasteiger partial charge >= 0.3 is 0 Å². The smallest absolute Gasteiger partial charge is 0.248 e. The number of benzene rings is 2. The molecule has 2 aromatic rings. The molecule has 0 atom stereocenters. The Bertz CT molecular complexity index is 658. The maximum Gasteiger partial charge on any atom is 0.248 e. The molecule has 1 N–H and O–H groups in total. The van der Waals surface area contributed by atoms with Crippen LogP contribution in [0.5, 0.6) is 0 Å². The summed E-state index contributed by atoms with van der Waals surface area (Å²) in [5.41, 5.74) is 3.01. The Hall–Kier alpha value is -2.55. The summed E-state index contributed by atoms with van der Waals surface area (Å²) in [6.45, 7) is 2.12. The molecule has 1 saturated heterocycles. The van der Waals surface area contributed by atoms with Crippen LogP contribution >= 0.6 is 0 Å². The summed E-state index contributed by atoms with van der Waals surface area (Å²) in [7, 11) is 0. The average Bonchev–Trinajstić information content (AvgIpc) is 3.09. The normalized spacial score (nSPS) is 14.5. The molecule has 1 aliphatic heterocycles. The van der Waals surface area contributed by atoms with Crippen molar-refractivity contribution in [2.24, 2.45) is 0 Å². The fraction of sp³-hybridized carbons (Fsp3) is 0.211. The van der Waals surface area contributed by atoms with E-state index in [0.29, 0.717) is 0 Å². The molecule has 1 amide bonds. The first-order valence-electron chi connectivity index (χ1n) is 7.71. The molecule has 22 heavy (non-hydrogen) atoms. The van der Waals surface area contributed by atoms with Crippen molar-refractivity contribution < 1.29 is 4.79 Å². The number of nitrogens with zero attached hydrogens (tertiary/aromatic N) is 1. The SMILES string of the molecule is O=C(C=Cc1ccccc1)Nc1ccccc1N1CCCC1. The predicted molar refractivity (Wildman–Crippen MR) is 92.0 cm³/mol. The molecule has 1 fully saturated rings. The number of carbonyl (C=O) groups is 1. The number of hydrogen-bond donors (Lipinski definition) is 1. The van der Waals surface area contributed by atoms with Crippen LogP contribution in [0.25, 0.3) is 6.08 Å². The molecule has 0 bridgehead atoms. The number of rotatable bonds is 4. The monoisotopic (exact) mass is 292 g/mol. The fourth-order valence-corrected chi connectivity index (χ4v) is 2.72. The first kappa shape index (κ1) is 14.4. The van der Waals surface area contributed by atoms with E-state index in [1.54, 1.807) is 6.08 Å². The molecular formula is C19H20N2O. The Morgan fingerprint density at radius 1 is 0.955 bits per heavy atom. The van der Waals surface area contributed by atoms with Crippen LogP contribution in [0.3, 0.4) is 0 Å². The molecule has 0 spiro atoms. The Morgan fingerprint density at radius 2 is 1.64 bits per heavy atom. The standard InChI is InChI=1S/C19H20N2O/c22-19(13-12-16-8-2-1-3-9-16)20-17-10-4-5-11-18(17)21-14-6-7-15-21/h1-5,8-13H,6-7,14-15H2,(H,20,22). The maximum absolute atomic E-state index is 12.1. The van der Waals surface area contributed by atoms with Gasteiger partial charge in [-0.15, -0.1) is 0 Å². The predicted octanol–water partition coefficient (Wildman–Crippen LogP) is 3.94. The second-order valence-corrected chi connectivity index (χ2v) is 5.44. The van der Waals surface area contributed by atoms with Gasteiger partial charge in [0.15, 0.2) is 0 Å². The summed E-state index contributed by atoms with van der Waals surface area (Å²) in [6, 6.07) is 17.8. The zero-order valence-corrected chi connectivity index (χ0v) is 12.5. The minimum Gasteiger partial charge on any atom is -0.370 e. The largest absolute Gasteiger partial charge is 0.370 e. The van der Waals surface area contributed by atoms with E-state index >= 15 is 0 Å².